The van der Waals surface area contributed by atoms with E-state index in [1.54, 1.807) is 11.3 Å². The summed E-state index contributed by atoms with van der Waals surface area (Å²) in [5.74, 6) is -1.23. The summed E-state index contributed by atoms with van der Waals surface area (Å²) < 4.78 is 15.0. The van der Waals surface area contributed by atoms with Gasteiger partial charge in [0.2, 0.25) is 0 Å². The molecule has 2 heterocycles. The smallest absolute Gasteiger partial charge is 0.260 e. The highest BCUT2D eigenvalue weighted by Crippen LogP contribution is 2.38. The minimum absolute atomic E-state index is 0.0793. The maximum absolute atomic E-state index is 13.9. The highest BCUT2D eigenvalue weighted by molar-refractivity contribution is 7.22. The monoisotopic (exact) mass is 388 g/mol. The summed E-state index contributed by atoms with van der Waals surface area (Å²) in [6.45, 7) is 0. The molecule has 4 aromatic rings. The van der Waals surface area contributed by atoms with Crippen molar-refractivity contribution in [3.63, 3.8) is 0 Å². The van der Waals surface area contributed by atoms with Crippen LogP contribution in [0, 0.1) is 5.82 Å². The number of fused-ring (bicyclic) bond motifs is 1. The van der Waals surface area contributed by atoms with Gasteiger partial charge < -0.3 is 5.32 Å². The summed E-state index contributed by atoms with van der Waals surface area (Å²) in [5, 5.41) is 6.11. The lowest BCUT2D eigenvalue weighted by molar-refractivity contribution is 0.102. The summed E-state index contributed by atoms with van der Waals surface area (Å²) in [6.07, 6.45) is 0. The molecule has 4 rings (SSSR count). The first-order chi connectivity index (χ1) is 12.1. The summed E-state index contributed by atoms with van der Waals surface area (Å²) in [4.78, 5) is 17.1. The first-order valence-corrected chi connectivity index (χ1v) is 9.39. The lowest BCUT2D eigenvalue weighted by atomic mass is 10.2. The van der Waals surface area contributed by atoms with Crippen molar-refractivity contribution in [3.05, 3.63) is 70.3 Å². The SMILES string of the molecule is O=C(Nc1sccc1-c1nc2ccccc2s1)c1c(F)cccc1Cl. The van der Waals surface area contributed by atoms with Crippen LogP contribution in [0.4, 0.5) is 9.39 Å². The molecule has 2 aromatic carbocycles. The van der Waals surface area contributed by atoms with Gasteiger partial charge in [0, 0.05) is 5.56 Å². The van der Waals surface area contributed by atoms with Crippen molar-refractivity contribution in [2.75, 3.05) is 5.32 Å². The number of carbonyl (C=O) groups excluding carboxylic acids is 1. The zero-order valence-electron chi connectivity index (χ0n) is 12.6. The number of hydrogen-bond donors (Lipinski definition) is 1. The molecule has 124 valence electrons. The third-order valence-corrected chi connectivity index (χ3v) is 5.82. The molecule has 3 nitrogen and oxygen atoms in total. The maximum atomic E-state index is 13.9. The number of benzene rings is 2. The molecule has 25 heavy (non-hydrogen) atoms. The van der Waals surface area contributed by atoms with E-state index in [0.29, 0.717) is 5.00 Å². The van der Waals surface area contributed by atoms with Crippen LogP contribution in [-0.4, -0.2) is 10.9 Å². The molecular formula is C18H10ClFN2OS2. The number of halogens is 2. The first-order valence-electron chi connectivity index (χ1n) is 7.32. The number of carbonyl (C=O) groups is 1. The fourth-order valence-electron chi connectivity index (χ4n) is 2.44. The van der Waals surface area contributed by atoms with Crippen molar-refractivity contribution in [2.24, 2.45) is 0 Å². The van der Waals surface area contributed by atoms with Gasteiger partial charge in [0.15, 0.2) is 0 Å². The molecule has 0 bridgehead atoms. The molecule has 0 atom stereocenters. The summed E-state index contributed by atoms with van der Waals surface area (Å²) in [6, 6.07) is 13.9. The van der Waals surface area contributed by atoms with Crippen LogP contribution in [0.15, 0.2) is 53.9 Å². The molecule has 7 heteroatoms. The van der Waals surface area contributed by atoms with Crippen LogP contribution >= 0.6 is 34.3 Å². The first kappa shape index (κ1) is 16.2. The van der Waals surface area contributed by atoms with Crippen LogP contribution in [-0.2, 0) is 0 Å². The number of thiazole rings is 1. The van der Waals surface area contributed by atoms with Gasteiger partial charge in [0.05, 0.1) is 20.8 Å². The van der Waals surface area contributed by atoms with Crippen molar-refractivity contribution in [1.29, 1.82) is 0 Å². The molecule has 0 unspecified atom stereocenters. The van der Waals surface area contributed by atoms with Crippen LogP contribution in [0.5, 0.6) is 0 Å². The Morgan fingerprint density at radius 2 is 1.96 bits per heavy atom. The van der Waals surface area contributed by atoms with Crippen molar-refractivity contribution >= 4 is 55.4 Å². The van der Waals surface area contributed by atoms with Crippen LogP contribution in [0.3, 0.4) is 0 Å². The number of aromatic nitrogens is 1. The lowest BCUT2D eigenvalue weighted by Gasteiger charge is -2.07. The Kier molecular flexibility index (Phi) is 4.25. The number of nitrogens with one attached hydrogen (secondary N) is 1. The third kappa shape index (κ3) is 3.04. The van der Waals surface area contributed by atoms with E-state index in [9.17, 15) is 9.18 Å². The van der Waals surface area contributed by atoms with Crippen LogP contribution < -0.4 is 5.32 Å². The Balaban J connectivity index is 1.69. The molecule has 0 radical (unpaired) electrons. The number of nitrogens with zero attached hydrogens (tertiary/aromatic N) is 1. The molecule has 1 N–H and O–H groups in total. The number of thiophene rings is 1. The topological polar surface area (TPSA) is 42.0 Å². The van der Waals surface area contributed by atoms with E-state index in [2.05, 4.69) is 10.3 Å². The Labute approximate surface area is 155 Å². The van der Waals surface area contributed by atoms with E-state index in [-0.39, 0.29) is 10.6 Å². The van der Waals surface area contributed by atoms with Gasteiger partial charge in [-0.25, -0.2) is 9.37 Å². The second-order valence-electron chi connectivity index (χ2n) is 5.20. The van der Waals surface area contributed by atoms with Gasteiger partial charge in [-0.1, -0.05) is 29.8 Å². The quantitative estimate of drug-likeness (QED) is 0.462. The second kappa shape index (κ2) is 6.55. The molecule has 1 amide bonds. The van der Waals surface area contributed by atoms with Gasteiger partial charge >= 0.3 is 0 Å². The summed E-state index contributed by atoms with van der Waals surface area (Å²) in [7, 11) is 0. The molecule has 2 aromatic heterocycles. The average Bonchev–Trinajstić information content (AvgIpc) is 3.20. The van der Waals surface area contributed by atoms with E-state index < -0.39 is 11.7 Å². The number of amides is 1. The minimum atomic E-state index is -0.650. The van der Waals surface area contributed by atoms with Gasteiger partial charge in [0.1, 0.15) is 15.8 Å². The van der Waals surface area contributed by atoms with Crippen molar-refractivity contribution in [3.8, 4) is 10.6 Å². The molecule has 0 aliphatic heterocycles. The predicted octanol–water partition coefficient (Wildman–Crippen LogP) is 6.07. The summed E-state index contributed by atoms with van der Waals surface area (Å²) >= 11 is 8.87. The van der Waals surface area contributed by atoms with Gasteiger partial charge in [-0.3, -0.25) is 4.79 Å². The fraction of sp³-hybridized carbons (Fsp3) is 0. The second-order valence-corrected chi connectivity index (χ2v) is 7.55. The zero-order valence-corrected chi connectivity index (χ0v) is 15.0. The number of rotatable bonds is 3. The molecule has 0 saturated heterocycles. The largest absolute Gasteiger partial charge is 0.313 e. The van der Waals surface area contributed by atoms with E-state index in [0.717, 1.165) is 20.8 Å². The summed E-state index contributed by atoms with van der Waals surface area (Å²) in [5.41, 5.74) is 1.56. The zero-order chi connectivity index (χ0) is 17.4. The standard InChI is InChI=1S/C18H10ClFN2OS2/c19-11-4-3-5-12(20)15(11)16(23)22-17-10(8-9-24-17)18-21-13-6-1-2-7-14(13)25-18/h1-9H,(H,22,23). The number of anilines is 1. The Morgan fingerprint density at radius 1 is 1.12 bits per heavy atom. The third-order valence-electron chi connectivity index (χ3n) is 3.61. The Hall–Kier alpha value is -2.28. The molecule has 0 aliphatic carbocycles. The van der Waals surface area contributed by atoms with Crippen LogP contribution in [0.1, 0.15) is 10.4 Å². The normalized spacial score (nSPS) is 11.0. The lowest BCUT2D eigenvalue weighted by Crippen LogP contribution is -2.14. The van der Waals surface area contributed by atoms with Crippen LogP contribution in [0.25, 0.3) is 20.8 Å². The molecule has 0 spiro atoms. The highest BCUT2D eigenvalue weighted by atomic mass is 35.5. The van der Waals surface area contributed by atoms with E-state index >= 15 is 0 Å². The molecule has 0 aliphatic rings. The van der Waals surface area contributed by atoms with Gasteiger partial charge in [-0.2, -0.15) is 0 Å². The number of para-hydroxylation sites is 1. The highest BCUT2D eigenvalue weighted by Gasteiger charge is 2.19. The van der Waals surface area contributed by atoms with Crippen molar-refractivity contribution in [1.82, 2.24) is 4.98 Å². The van der Waals surface area contributed by atoms with Gasteiger partial charge in [0.25, 0.3) is 5.91 Å². The van der Waals surface area contributed by atoms with E-state index in [1.165, 1.54) is 29.5 Å². The van der Waals surface area contributed by atoms with Crippen molar-refractivity contribution < 1.29 is 9.18 Å². The van der Waals surface area contributed by atoms with Gasteiger partial charge in [-0.05, 0) is 35.7 Å². The van der Waals surface area contributed by atoms with Crippen molar-refractivity contribution in [2.45, 2.75) is 0 Å². The average molecular weight is 389 g/mol. The minimum Gasteiger partial charge on any atom is -0.313 e. The molecule has 0 saturated carbocycles. The Bertz CT molecular complexity index is 1040. The molecular weight excluding hydrogens is 379 g/mol. The maximum Gasteiger partial charge on any atom is 0.260 e. The molecule has 0 fully saturated rings. The number of hydrogen-bond acceptors (Lipinski definition) is 4. The fourth-order valence-corrected chi connectivity index (χ4v) is 4.54. The Morgan fingerprint density at radius 3 is 2.76 bits per heavy atom. The van der Waals surface area contributed by atoms with E-state index in [4.69, 9.17) is 11.6 Å². The van der Waals surface area contributed by atoms with Crippen LogP contribution in [0.2, 0.25) is 5.02 Å². The van der Waals surface area contributed by atoms with E-state index in [1.807, 2.05) is 35.7 Å². The van der Waals surface area contributed by atoms with Gasteiger partial charge in [-0.15, -0.1) is 22.7 Å². The predicted molar refractivity (Wildman–Crippen MR) is 102 cm³/mol.